The maximum Gasteiger partial charge on any atom is 0.291 e. The Labute approximate surface area is 140 Å². The average molecular weight is 327 g/mol. The Bertz CT molecular complexity index is 736. The zero-order valence-corrected chi connectivity index (χ0v) is 13.5. The van der Waals surface area contributed by atoms with E-state index in [0.717, 1.165) is 18.4 Å². The molecule has 0 radical (unpaired) electrons. The summed E-state index contributed by atoms with van der Waals surface area (Å²) in [4.78, 5) is 24.5. The molecule has 1 aliphatic rings. The standard InChI is InChI=1S/C18H21N3O3/c1-11-4-5-13(17(22)21-15(10-19)12-6-7-12)9-14(11)20-18(23)16-3-2-8-24-16/h2-5,8-9,12,15H,6-7,10,19H2,1H3,(H,20,23)(H,21,22). The van der Waals surface area contributed by atoms with E-state index in [2.05, 4.69) is 10.6 Å². The molecule has 1 atom stereocenters. The molecule has 4 N–H and O–H groups in total. The largest absolute Gasteiger partial charge is 0.459 e. The van der Waals surface area contributed by atoms with E-state index in [1.165, 1.54) is 6.26 Å². The quantitative estimate of drug-likeness (QED) is 0.758. The highest BCUT2D eigenvalue weighted by Crippen LogP contribution is 2.32. The van der Waals surface area contributed by atoms with Gasteiger partial charge in [-0.05, 0) is 55.5 Å². The van der Waals surface area contributed by atoms with Gasteiger partial charge in [0.25, 0.3) is 11.8 Å². The van der Waals surface area contributed by atoms with Gasteiger partial charge in [-0.15, -0.1) is 0 Å². The highest BCUT2D eigenvalue weighted by atomic mass is 16.3. The number of nitrogens with two attached hydrogens (primary N) is 1. The van der Waals surface area contributed by atoms with Crippen molar-refractivity contribution in [3.8, 4) is 0 Å². The van der Waals surface area contributed by atoms with E-state index in [1.54, 1.807) is 30.3 Å². The van der Waals surface area contributed by atoms with Crippen LogP contribution in [0.2, 0.25) is 0 Å². The zero-order chi connectivity index (χ0) is 17.1. The van der Waals surface area contributed by atoms with Crippen LogP contribution in [0.4, 0.5) is 5.69 Å². The summed E-state index contributed by atoms with van der Waals surface area (Å²) in [6.07, 6.45) is 3.66. The van der Waals surface area contributed by atoms with E-state index in [1.807, 2.05) is 6.92 Å². The highest BCUT2D eigenvalue weighted by Gasteiger charge is 2.31. The van der Waals surface area contributed by atoms with E-state index in [-0.39, 0.29) is 23.6 Å². The van der Waals surface area contributed by atoms with Gasteiger partial charge < -0.3 is 20.8 Å². The number of carbonyl (C=O) groups excluding carboxylic acids is 2. The van der Waals surface area contributed by atoms with Crippen LogP contribution < -0.4 is 16.4 Å². The second-order valence-electron chi connectivity index (χ2n) is 6.11. The molecule has 1 aliphatic carbocycles. The summed E-state index contributed by atoms with van der Waals surface area (Å²) in [5.74, 6) is 0.188. The lowest BCUT2D eigenvalue weighted by Gasteiger charge is -2.17. The van der Waals surface area contributed by atoms with Gasteiger partial charge in [-0.2, -0.15) is 0 Å². The molecule has 24 heavy (non-hydrogen) atoms. The predicted molar refractivity (Wildman–Crippen MR) is 90.9 cm³/mol. The van der Waals surface area contributed by atoms with Gasteiger partial charge in [0.05, 0.1) is 6.26 Å². The van der Waals surface area contributed by atoms with Crippen LogP contribution in [0.25, 0.3) is 0 Å². The van der Waals surface area contributed by atoms with Crippen LogP contribution in [0.3, 0.4) is 0 Å². The fourth-order valence-corrected chi connectivity index (χ4v) is 2.61. The SMILES string of the molecule is Cc1ccc(C(=O)NC(CN)C2CC2)cc1NC(=O)c1ccco1. The zero-order valence-electron chi connectivity index (χ0n) is 13.5. The maximum absolute atomic E-state index is 12.4. The Morgan fingerprint density at radius 2 is 2.08 bits per heavy atom. The number of carbonyl (C=O) groups is 2. The Balaban J connectivity index is 1.73. The van der Waals surface area contributed by atoms with Crippen molar-refractivity contribution in [3.05, 3.63) is 53.5 Å². The van der Waals surface area contributed by atoms with Crippen molar-refractivity contribution < 1.29 is 14.0 Å². The molecule has 0 bridgehead atoms. The molecule has 1 fully saturated rings. The van der Waals surface area contributed by atoms with Crippen molar-refractivity contribution >= 4 is 17.5 Å². The maximum atomic E-state index is 12.4. The van der Waals surface area contributed by atoms with Crippen molar-refractivity contribution in [2.24, 2.45) is 11.7 Å². The molecule has 3 rings (SSSR count). The van der Waals surface area contributed by atoms with Crippen LogP contribution in [-0.4, -0.2) is 24.4 Å². The minimum Gasteiger partial charge on any atom is -0.459 e. The lowest BCUT2D eigenvalue weighted by atomic mass is 10.1. The first kappa shape index (κ1) is 16.3. The van der Waals surface area contributed by atoms with Gasteiger partial charge in [-0.3, -0.25) is 9.59 Å². The minimum absolute atomic E-state index is 0.0139. The van der Waals surface area contributed by atoms with Crippen LogP contribution in [-0.2, 0) is 0 Å². The van der Waals surface area contributed by atoms with Crippen molar-refractivity contribution in [2.75, 3.05) is 11.9 Å². The van der Waals surface area contributed by atoms with E-state index >= 15 is 0 Å². The number of amides is 2. The normalized spacial score (nSPS) is 14.9. The van der Waals surface area contributed by atoms with Crippen molar-refractivity contribution in [1.82, 2.24) is 5.32 Å². The molecule has 6 heteroatoms. The molecule has 1 unspecified atom stereocenters. The summed E-state index contributed by atoms with van der Waals surface area (Å²) in [5.41, 5.74) is 7.67. The lowest BCUT2D eigenvalue weighted by Crippen LogP contribution is -2.41. The summed E-state index contributed by atoms with van der Waals surface area (Å²) < 4.78 is 5.08. The molecular weight excluding hydrogens is 306 g/mol. The first-order chi connectivity index (χ1) is 11.6. The monoisotopic (exact) mass is 327 g/mol. The summed E-state index contributed by atoms with van der Waals surface area (Å²) in [6, 6.07) is 8.47. The first-order valence-corrected chi connectivity index (χ1v) is 8.05. The van der Waals surface area contributed by atoms with Gasteiger partial charge in [-0.1, -0.05) is 6.07 Å². The van der Waals surface area contributed by atoms with Crippen LogP contribution in [0, 0.1) is 12.8 Å². The van der Waals surface area contributed by atoms with E-state index in [0.29, 0.717) is 23.7 Å². The molecule has 1 saturated carbocycles. The van der Waals surface area contributed by atoms with Crippen LogP contribution >= 0.6 is 0 Å². The number of furan rings is 1. The summed E-state index contributed by atoms with van der Waals surface area (Å²) in [6.45, 7) is 2.30. The minimum atomic E-state index is -0.349. The topological polar surface area (TPSA) is 97.4 Å². The number of nitrogens with one attached hydrogen (secondary N) is 2. The van der Waals surface area contributed by atoms with Crippen LogP contribution in [0.15, 0.2) is 41.0 Å². The predicted octanol–water partition coefficient (Wildman–Crippen LogP) is 2.31. The molecule has 1 heterocycles. The van der Waals surface area contributed by atoms with Gasteiger partial charge >= 0.3 is 0 Å². The van der Waals surface area contributed by atoms with E-state index in [9.17, 15) is 9.59 Å². The number of hydrogen-bond acceptors (Lipinski definition) is 4. The number of anilines is 1. The molecule has 126 valence electrons. The van der Waals surface area contributed by atoms with Crippen molar-refractivity contribution in [1.29, 1.82) is 0 Å². The number of benzene rings is 1. The van der Waals surface area contributed by atoms with Gasteiger partial charge in [0.2, 0.25) is 0 Å². The van der Waals surface area contributed by atoms with Gasteiger partial charge in [0.15, 0.2) is 5.76 Å². The second kappa shape index (κ2) is 6.88. The molecule has 6 nitrogen and oxygen atoms in total. The molecule has 0 aliphatic heterocycles. The molecule has 0 saturated heterocycles. The average Bonchev–Trinajstić information content (AvgIpc) is 3.27. The smallest absolute Gasteiger partial charge is 0.291 e. The van der Waals surface area contributed by atoms with Gasteiger partial charge in [-0.25, -0.2) is 0 Å². The summed E-state index contributed by atoms with van der Waals surface area (Å²) in [5, 5.41) is 5.75. The van der Waals surface area contributed by atoms with Crippen molar-refractivity contribution in [3.63, 3.8) is 0 Å². The Morgan fingerprint density at radius 1 is 1.29 bits per heavy atom. The third kappa shape index (κ3) is 3.65. The van der Waals surface area contributed by atoms with Crippen molar-refractivity contribution in [2.45, 2.75) is 25.8 Å². The Kier molecular flexibility index (Phi) is 4.66. The molecule has 0 spiro atoms. The highest BCUT2D eigenvalue weighted by molar-refractivity contribution is 6.04. The fraction of sp³-hybridized carbons (Fsp3) is 0.333. The summed E-state index contributed by atoms with van der Waals surface area (Å²) >= 11 is 0. The van der Waals surface area contributed by atoms with Crippen LogP contribution in [0.1, 0.15) is 39.3 Å². The molecule has 2 aromatic rings. The second-order valence-corrected chi connectivity index (χ2v) is 6.11. The van der Waals surface area contributed by atoms with Gasteiger partial charge in [0.1, 0.15) is 0 Å². The third-order valence-corrected chi connectivity index (χ3v) is 4.25. The van der Waals surface area contributed by atoms with Gasteiger partial charge in [0, 0.05) is 23.8 Å². The number of rotatable bonds is 6. The van der Waals surface area contributed by atoms with E-state index < -0.39 is 0 Å². The molecule has 1 aromatic heterocycles. The summed E-state index contributed by atoms with van der Waals surface area (Å²) in [7, 11) is 0. The molecule has 2 amide bonds. The van der Waals surface area contributed by atoms with E-state index in [4.69, 9.17) is 10.2 Å². The lowest BCUT2D eigenvalue weighted by molar-refractivity contribution is 0.0932. The Morgan fingerprint density at radius 3 is 2.71 bits per heavy atom. The Hall–Kier alpha value is -2.60. The third-order valence-electron chi connectivity index (χ3n) is 4.25. The fourth-order valence-electron chi connectivity index (χ4n) is 2.61. The molecule has 1 aromatic carbocycles. The molecular formula is C18H21N3O3. The number of aryl methyl sites for hydroxylation is 1. The number of hydrogen-bond donors (Lipinski definition) is 3. The van der Waals surface area contributed by atoms with Crippen LogP contribution in [0.5, 0.6) is 0 Å². The first-order valence-electron chi connectivity index (χ1n) is 8.05.